The van der Waals surface area contributed by atoms with Gasteiger partial charge in [0.1, 0.15) is 17.3 Å². The van der Waals surface area contributed by atoms with Crippen LogP contribution in [0.15, 0.2) is 63.5 Å². The van der Waals surface area contributed by atoms with Crippen molar-refractivity contribution in [3.63, 3.8) is 0 Å². The predicted molar refractivity (Wildman–Crippen MR) is 130 cm³/mol. The van der Waals surface area contributed by atoms with Crippen molar-refractivity contribution in [1.29, 1.82) is 0 Å². The average molecular weight is 536 g/mol. The predicted octanol–water partition coefficient (Wildman–Crippen LogP) is 1.83. The summed E-state index contributed by atoms with van der Waals surface area (Å²) in [6, 6.07) is 6.59. The van der Waals surface area contributed by atoms with Crippen LogP contribution in [-0.2, 0) is 16.0 Å². The largest absolute Gasteiger partial charge is 1.00 e. The summed E-state index contributed by atoms with van der Waals surface area (Å²) in [6.07, 6.45) is 8.14. The second-order valence-corrected chi connectivity index (χ2v) is 8.65. The van der Waals surface area contributed by atoms with E-state index < -0.39 is 22.7 Å². The van der Waals surface area contributed by atoms with E-state index in [-0.39, 0.29) is 64.3 Å². The van der Waals surface area contributed by atoms with E-state index in [1.807, 2.05) is 0 Å². The molecule has 11 heteroatoms. The van der Waals surface area contributed by atoms with Gasteiger partial charge in [-0.1, -0.05) is 29.2 Å². The molecule has 0 aliphatic carbocycles. The molecule has 37 heavy (non-hydrogen) atoms. The summed E-state index contributed by atoms with van der Waals surface area (Å²) in [7, 11) is 1.31. The van der Waals surface area contributed by atoms with Crippen molar-refractivity contribution in [2.24, 2.45) is 0 Å². The molecule has 0 atom stereocenters. The molecular weight excluding hydrogens is 512 g/mol. The summed E-state index contributed by atoms with van der Waals surface area (Å²) in [5.41, 5.74) is -1.39. The fourth-order valence-corrected chi connectivity index (χ4v) is 3.87. The van der Waals surface area contributed by atoms with Gasteiger partial charge >= 0.3 is 41.2 Å². The third-order valence-electron chi connectivity index (χ3n) is 4.90. The van der Waals surface area contributed by atoms with Gasteiger partial charge in [-0.15, -0.1) is 0 Å². The minimum atomic E-state index is -0.985. The molecule has 0 aliphatic heterocycles. The van der Waals surface area contributed by atoms with Gasteiger partial charge in [-0.25, -0.2) is 14.2 Å². The number of ether oxygens (including phenoxy) is 2. The number of hydrogen-bond donors (Lipinski definition) is 0. The number of carbonyl (C=O) groups excluding carboxylic acids is 2. The number of carbonyl (C=O) groups is 2. The maximum Gasteiger partial charge on any atom is 1.00 e. The zero-order valence-electron chi connectivity index (χ0n) is 20.6. The van der Waals surface area contributed by atoms with Crippen molar-refractivity contribution < 1.29 is 62.5 Å². The second-order valence-electron chi connectivity index (χ2n) is 7.62. The first-order chi connectivity index (χ1) is 17.3. The molecule has 0 saturated heterocycles. The first-order valence-corrected chi connectivity index (χ1v) is 11.8. The Kier molecular flexibility index (Phi) is 11.9. The number of unbranched alkanes of at least 4 members (excludes halogenated alkanes) is 1. The van der Waals surface area contributed by atoms with E-state index in [0.717, 1.165) is 17.4 Å². The number of esters is 1. The number of rotatable bonds is 11. The van der Waals surface area contributed by atoms with Gasteiger partial charge < -0.3 is 19.0 Å². The van der Waals surface area contributed by atoms with Crippen molar-refractivity contribution in [3.8, 4) is 16.7 Å². The third kappa shape index (κ3) is 9.08. The van der Waals surface area contributed by atoms with Gasteiger partial charge in [0.2, 0.25) is 0 Å². The van der Waals surface area contributed by atoms with E-state index in [0.29, 0.717) is 29.9 Å². The Hall–Kier alpha value is -3.05. The van der Waals surface area contributed by atoms with E-state index in [1.54, 1.807) is 12.2 Å². The van der Waals surface area contributed by atoms with E-state index in [4.69, 9.17) is 9.15 Å². The zero-order chi connectivity index (χ0) is 26.1. The molecule has 0 unspecified atom stereocenters. The molecule has 2 aromatic heterocycles. The van der Waals surface area contributed by atoms with Gasteiger partial charge in [0, 0.05) is 12.6 Å². The fourth-order valence-electron chi connectivity index (χ4n) is 3.08. The first kappa shape index (κ1) is 30.2. The van der Waals surface area contributed by atoms with E-state index in [9.17, 15) is 23.9 Å². The number of methoxy groups -OCH3 is 1. The van der Waals surface area contributed by atoms with Crippen molar-refractivity contribution in [3.05, 3.63) is 86.7 Å². The van der Waals surface area contributed by atoms with E-state index in [1.165, 1.54) is 50.6 Å². The van der Waals surface area contributed by atoms with Crippen LogP contribution in [0.1, 0.15) is 47.2 Å². The van der Waals surface area contributed by atoms with Crippen LogP contribution in [0.25, 0.3) is 6.08 Å². The molecule has 0 amide bonds. The van der Waals surface area contributed by atoms with E-state index >= 15 is 0 Å². The number of aromatic nitrogens is 1. The molecule has 8 nitrogen and oxygen atoms in total. The van der Waals surface area contributed by atoms with Crippen LogP contribution in [0.4, 0.5) is 4.39 Å². The summed E-state index contributed by atoms with van der Waals surface area (Å²) >= 11 is 1.13. The van der Waals surface area contributed by atoms with E-state index in [2.05, 4.69) is 9.72 Å². The standard InChI is InChI=1S/C26H24FNO7S.Na/c1-16(13-20-15-28-26(36-20)35-18-11-9-17(27)10-12-18)24(31)23-21(29)14-19(34-25(23)32)7-5-3-4-6-8-22(30)33-2;/h4,6,9-15,29H,3,5,7-8H2,1-2H3;/q;+1/p-1/b6-4+,16-13?;. The number of Topliss-reactive ketones (excluding diaryl/α,β-unsaturated/α-hetero) is 1. The molecule has 0 N–H and O–H groups in total. The summed E-state index contributed by atoms with van der Waals surface area (Å²) < 4.78 is 28.3. The van der Waals surface area contributed by atoms with Crippen molar-refractivity contribution in [2.75, 3.05) is 7.11 Å². The van der Waals surface area contributed by atoms with Gasteiger partial charge in [0.05, 0.1) is 24.0 Å². The molecular formula is C26H23FNNaO7S. The summed E-state index contributed by atoms with van der Waals surface area (Å²) in [4.78, 5) is 40.9. The van der Waals surface area contributed by atoms with Crippen LogP contribution in [-0.4, -0.2) is 23.8 Å². The smallest absolute Gasteiger partial charge is 0.872 e. The zero-order valence-corrected chi connectivity index (χ0v) is 23.4. The van der Waals surface area contributed by atoms with Gasteiger partial charge in [0.15, 0.2) is 5.78 Å². The molecule has 0 radical (unpaired) electrons. The first-order valence-electron chi connectivity index (χ1n) is 10.9. The minimum Gasteiger partial charge on any atom is -0.872 e. The molecule has 0 aliphatic rings. The number of allylic oxidation sites excluding steroid dienone is 2. The van der Waals surface area contributed by atoms with Crippen LogP contribution in [0, 0.1) is 5.82 Å². The number of hydrogen-bond acceptors (Lipinski definition) is 9. The Morgan fingerprint density at radius 1 is 1.22 bits per heavy atom. The fraction of sp³-hybridized carbons (Fsp3) is 0.231. The number of aryl methyl sites for hydroxylation is 1. The van der Waals surface area contributed by atoms with Crippen molar-refractivity contribution in [2.45, 2.75) is 32.6 Å². The molecule has 3 aromatic rings. The Bertz CT molecular complexity index is 1350. The Morgan fingerprint density at radius 2 is 1.95 bits per heavy atom. The van der Waals surface area contributed by atoms with Crippen LogP contribution >= 0.6 is 11.3 Å². The maximum absolute atomic E-state index is 13.0. The van der Waals surface area contributed by atoms with Crippen molar-refractivity contribution >= 4 is 29.2 Å². The van der Waals surface area contributed by atoms with Gasteiger partial charge in [-0.2, -0.15) is 0 Å². The Morgan fingerprint density at radius 3 is 2.62 bits per heavy atom. The molecule has 0 saturated carbocycles. The van der Waals surface area contributed by atoms with Gasteiger partial charge in [-0.05, 0) is 61.7 Å². The summed E-state index contributed by atoms with van der Waals surface area (Å²) in [5, 5.41) is 12.8. The van der Waals surface area contributed by atoms with Crippen LogP contribution in [0.3, 0.4) is 0 Å². The molecule has 3 rings (SSSR count). The molecule has 0 spiro atoms. The second kappa shape index (κ2) is 14.6. The normalized spacial score (nSPS) is 11.3. The summed E-state index contributed by atoms with van der Waals surface area (Å²) in [5.74, 6) is -1.58. The monoisotopic (exact) mass is 535 g/mol. The minimum absolute atomic E-state index is 0. The van der Waals surface area contributed by atoms with Gasteiger partial charge in [-0.3, -0.25) is 9.59 Å². The number of nitrogens with zero attached hydrogens (tertiary/aromatic N) is 1. The van der Waals surface area contributed by atoms with Crippen LogP contribution in [0.2, 0.25) is 0 Å². The number of benzene rings is 1. The summed E-state index contributed by atoms with van der Waals surface area (Å²) in [6.45, 7) is 1.48. The molecule has 1 aromatic carbocycles. The number of halogens is 1. The Labute approximate surface area is 238 Å². The quantitative estimate of drug-likeness (QED) is 0.0912. The number of ketones is 1. The van der Waals surface area contributed by atoms with Gasteiger partial charge in [0.25, 0.3) is 5.19 Å². The molecule has 0 bridgehead atoms. The molecule has 188 valence electrons. The molecule has 2 heterocycles. The average Bonchev–Trinajstić information content (AvgIpc) is 3.28. The molecule has 0 fully saturated rings. The SMILES string of the molecule is COC(=O)C/C=C/CCCc1cc([O-])c(C(=O)C(C)=Cc2cnc(Oc3ccc(F)cc3)s2)c(=O)o1.[Na+]. The van der Waals surface area contributed by atoms with Crippen LogP contribution < -0.4 is 45.0 Å². The third-order valence-corrected chi connectivity index (χ3v) is 5.73. The Balaban J connectivity index is 0.00000481. The topological polar surface area (TPSA) is 119 Å². The number of thiazole rings is 1. The van der Waals surface area contributed by atoms with Crippen molar-refractivity contribution in [1.82, 2.24) is 4.98 Å². The maximum atomic E-state index is 13.0. The van der Waals surface area contributed by atoms with Crippen LogP contribution in [0.5, 0.6) is 16.7 Å².